The molecule has 0 aliphatic carbocycles. The number of carbonyl (C=O) groups is 1. The maximum absolute atomic E-state index is 12.9. The van der Waals surface area contributed by atoms with Gasteiger partial charge in [-0.15, -0.1) is 0 Å². The number of fused-ring (bicyclic) bond motifs is 1. The summed E-state index contributed by atoms with van der Waals surface area (Å²) in [6.07, 6.45) is 0. The second-order valence-electron chi connectivity index (χ2n) is 6.31. The van der Waals surface area contributed by atoms with E-state index in [1.165, 1.54) is 4.68 Å². The van der Waals surface area contributed by atoms with Gasteiger partial charge in [0.05, 0.1) is 31.2 Å². The van der Waals surface area contributed by atoms with Crippen LogP contribution in [0.25, 0.3) is 11.0 Å². The van der Waals surface area contributed by atoms with Crippen molar-refractivity contribution >= 4 is 16.9 Å². The fourth-order valence-corrected chi connectivity index (χ4v) is 3.09. The summed E-state index contributed by atoms with van der Waals surface area (Å²) in [5.41, 5.74) is 1.80. The molecule has 0 saturated heterocycles. The van der Waals surface area contributed by atoms with Crippen molar-refractivity contribution in [3.63, 3.8) is 0 Å². The smallest absolute Gasteiger partial charge is 0.274 e. The Kier molecular flexibility index (Phi) is 4.89. The number of carbonyl (C=O) groups excluding carboxylic acids is 1. The van der Waals surface area contributed by atoms with E-state index >= 15 is 0 Å². The second kappa shape index (κ2) is 7.14. The Hall–Kier alpha value is -3.29. The van der Waals surface area contributed by atoms with Crippen molar-refractivity contribution < 1.29 is 14.3 Å². The number of benzene rings is 1. The summed E-state index contributed by atoms with van der Waals surface area (Å²) in [6.45, 7) is 3.62. The largest absolute Gasteiger partial charge is 0.497 e. The van der Waals surface area contributed by atoms with Crippen LogP contribution in [-0.4, -0.2) is 34.9 Å². The van der Waals surface area contributed by atoms with Gasteiger partial charge in [-0.2, -0.15) is 0 Å². The number of aromatic nitrogens is 3. The molecule has 2 N–H and O–H groups in total. The molecule has 8 heteroatoms. The zero-order valence-corrected chi connectivity index (χ0v) is 15.9. The highest BCUT2D eigenvalue weighted by atomic mass is 16.5. The zero-order chi connectivity index (χ0) is 19.7. The minimum absolute atomic E-state index is 0.269. The molecule has 2 aromatic heterocycles. The van der Waals surface area contributed by atoms with Crippen LogP contribution in [0.15, 0.2) is 29.1 Å². The third-order valence-electron chi connectivity index (χ3n) is 4.44. The number of nitrogens with one attached hydrogen (secondary N) is 2. The molecule has 0 bridgehead atoms. The molecule has 1 aromatic carbocycles. The lowest BCUT2D eigenvalue weighted by Crippen LogP contribution is -2.28. The fraction of sp³-hybridized carbons (Fsp3) is 0.316. The molecule has 27 heavy (non-hydrogen) atoms. The van der Waals surface area contributed by atoms with Crippen molar-refractivity contribution in [3.05, 3.63) is 51.4 Å². The van der Waals surface area contributed by atoms with E-state index in [0.717, 1.165) is 5.56 Å². The number of hydrogen-bond donors (Lipinski definition) is 2. The first-order valence-electron chi connectivity index (χ1n) is 8.44. The predicted molar refractivity (Wildman–Crippen MR) is 101 cm³/mol. The van der Waals surface area contributed by atoms with E-state index in [1.807, 2.05) is 13.0 Å². The van der Waals surface area contributed by atoms with E-state index < -0.39 is 0 Å². The molecule has 1 atom stereocenters. The Morgan fingerprint density at radius 1 is 1.26 bits per heavy atom. The van der Waals surface area contributed by atoms with Gasteiger partial charge < -0.3 is 14.8 Å². The summed E-state index contributed by atoms with van der Waals surface area (Å²) in [4.78, 5) is 29.5. The predicted octanol–water partition coefficient (Wildman–Crippen LogP) is 2.08. The molecular weight excluding hydrogens is 348 g/mol. The molecule has 0 spiro atoms. The highest BCUT2D eigenvalue weighted by Gasteiger charge is 2.21. The molecule has 1 amide bonds. The Balaban J connectivity index is 1.99. The molecule has 8 nitrogen and oxygen atoms in total. The maximum atomic E-state index is 12.9. The van der Waals surface area contributed by atoms with Crippen LogP contribution in [0.2, 0.25) is 0 Å². The van der Waals surface area contributed by atoms with E-state index in [1.54, 1.807) is 46.4 Å². The molecule has 142 valence electrons. The average molecular weight is 370 g/mol. The number of rotatable bonds is 5. The lowest BCUT2D eigenvalue weighted by Gasteiger charge is -2.18. The highest BCUT2D eigenvalue weighted by Crippen LogP contribution is 2.29. The third kappa shape index (κ3) is 3.38. The van der Waals surface area contributed by atoms with Gasteiger partial charge in [0.1, 0.15) is 11.5 Å². The van der Waals surface area contributed by atoms with Gasteiger partial charge in [-0.1, -0.05) is 0 Å². The lowest BCUT2D eigenvalue weighted by atomic mass is 10.1. The van der Waals surface area contributed by atoms with Crippen molar-refractivity contribution in [2.45, 2.75) is 19.9 Å². The topological polar surface area (TPSA) is 98.2 Å². The van der Waals surface area contributed by atoms with Crippen molar-refractivity contribution in [1.29, 1.82) is 0 Å². The van der Waals surface area contributed by atoms with Crippen molar-refractivity contribution in [1.82, 2.24) is 20.1 Å². The first-order valence-corrected chi connectivity index (χ1v) is 8.44. The number of H-pyrrole nitrogens is 1. The number of hydrogen-bond acceptors (Lipinski definition) is 5. The quantitative estimate of drug-likeness (QED) is 0.716. The van der Waals surface area contributed by atoms with E-state index in [9.17, 15) is 9.59 Å². The standard InChI is InChI=1S/C19H22N4O4/c1-10-8-14(16-17(20-10)23(3)22-19(16)25)18(24)21-11(2)13-9-12(26-4)6-7-15(13)27-5/h6-9,11H,1-5H3,(H,21,24)(H,22,25). The monoisotopic (exact) mass is 370 g/mol. The van der Waals surface area contributed by atoms with Gasteiger partial charge in [-0.25, -0.2) is 4.98 Å². The lowest BCUT2D eigenvalue weighted by molar-refractivity contribution is 0.0941. The van der Waals surface area contributed by atoms with Crippen molar-refractivity contribution in [2.24, 2.45) is 7.05 Å². The number of aromatic amines is 1. The highest BCUT2D eigenvalue weighted by molar-refractivity contribution is 6.05. The molecular formula is C19H22N4O4. The maximum Gasteiger partial charge on any atom is 0.274 e. The molecule has 0 radical (unpaired) electrons. The molecule has 1 unspecified atom stereocenters. The summed E-state index contributed by atoms with van der Waals surface area (Å²) >= 11 is 0. The van der Waals surface area contributed by atoms with Crippen LogP contribution in [0.5, 0.6) is 11.5 Å². The summed E-state index contributed by atoms with van der Waals surface area (Å²) in [6, 6.07) is 6.63. The zero-order valence-electron chi connectivity index (χ0n) is 15.9. The molecule has 3 aromatic rings. The van der Waals surface area contributed by atoms with Crippen LogP contribution >= 0.6 is 0 Å². The van der Waals surface area contributed by atoms with E-state index in [4.69, 9.17) is 9.47 Å². The number of ether oxygens (including phenoxy) is 2. The molecule has 0 aliphatic rings. The van der Waals surface area contributed by atoms with Crippen LogP contribution < -0.4 is 20.3 Å². The van der Waals surface area contributed by atoms with Crippen LogP contribution in [0.4, 0.5) is 0 Å². The van der Waals surface area contributed by atoms with E-state index in [2.05, 4.69) is 15.4 Å². The summed E-state index contributed by atoms with van der Waals surface area (Å²) in [5.74, 6) is 0.935. The molecule has 0 fully saturated rings. The van der Waals surface area contributed by atoms with Gasteiger partial charge in [0.2, 0.25) is 0 Å². The van der Waals surface area contributed by atoms with Crippen LogP contribution in [-0.2, 0) is 7.05 Å². The van der Waals surface area contributed by atoms with Crippen molar-refractivity contribution in [2.75, 3.05) is 14.2 Å². The number of amides is 1. The van der Waals surface area contributed by atoms with Crippen LogP contribution in [0, 0.1) is 6.92 Å². The first-order chi connectivity index (χ1) is 12.8. The minimum atomic E-state index is -0.367. The number of nitrogens with zero attached hydrogens (tertiary/aromatic N) is 2. The van der Waals surface area contributed by atoms with Gasteiger partial charge in [-0.05, 0) is 38.1 Å². The number of pyridine rings is 1. The summed E-state index contributed by atoms with van der Waals surface area (Å²) in [7, 11) is 4.83. The van der Waals surface area contributed by atoms with Crippen LogP contribution in [0.1, 0.15) is 34.6 Å². The Labute approximate surface area is 156 Å². The van der Waals surface area contributed by atoms with Gasteiger partial charge in [0.25, 0.3) is 11.5 Å². The fourth-order valence-electron chi connectivity index (χ4n) is 3.09. The average Bonchev–Trinajstić information content (AvgIpc) is 2.94. The molecule has 0 saturated carbocycles. The summed E-state index contributed by atoms with van der Waals surface area (Å²) in [5, 5.41) is 5.84. The van der Waals surface area contributed by atoms with Gasteiger partial charge >= 0.3 is 0 Å². The third-order valence-corrected chi connectivity index (χ3v) is 4.44. The summed E-state index contributed by atoms with van der Waals surface area (Å²) < 4.78 is 12.2. The molecule has 2 heterocycles. The molecule has 0 aliphatic heterocycles. The van der Waals surface area contributed by atoms with E-state index in [0.29, 0.717) is 22.8 Å². The van der Waals surface area contributed by atoms with Gasteiger partial charge in [0, 0.05) is 18.3 Å². The van der Waals surface area contributed by atoms with Gasteiger partial charge in [0.15, 0.2) is 5.65 Å². The van der Waals surface area contributed by atoms with E-state index in [-0.39, 0.29) is 28.5 Å². The second-order valence-corrected chi connectivity index (χ2v) is 6.31. The number of aryl methyl sites for hydroxylation is 2. The van der Waals surface area contributed by atoms with Crippen LogP contribution in [0.3, 0.4) is 0 Å². The first kappa shape index (κ1) is 18.5. The molecule has 3 rings (SSSR count). The number of methoxy groups -OCH3 is 2. The SMILES string of the molecule is COc1ccc(OC)c(C(C)NC(=O)c2cc(C)nc3c2c(=O)[nH]n3C)c1. The Morgan fingerprint density at radius 2 is 2.00 bits per heavy atom. The van der Waals surface area contributed by atoms with Crippen molar-refractivity contribution in [3.8, 4) is 11.5 Å². The minimum Gasteiger partial charge on any atom is -0.497 e. The normalized spacial score (nSPS) is 12.0. The Morgan fingerprint density at radius 3 is 2.67 bits per heavy atom. The van der Waals surface area contributed by atoms with Gasteiger partial charge in [-0.3, -0.25) is 19.4 Å². The Bertz CT molecular complexity index is 1070.